The van der Waals surface area contributed by atoms with Crippen LogP contribution in [-0.2, 0) is 14.3 Å². The van der Waals surface area contributed by atoms with Gasteiger partial charge in [-0.25, -0.2) is 9.59 Å². The number of Topliss-reactive ketones (excluding diaryl/α,β-unsaturated/α-hetero) is 1. The summed E-state index contributed by atoms with van der Waals surface area (Å²) in [4.78, 5) is 65.0. The van der Waals surface area contributed by atoms with E-state index in [0.717, 1.165) is 12.1 Å². The number of non-ortho nitro benzene ring substituents is 1. The second-order valence-electron chi connectivity index (χ2n) is 10.4. The van der Waals surface area contributed by atoms with Crippen LogP contribution in [0.2, 0.25) is 5.02 Å². The van der Waals surface area contributed by atoms with Gasteiger partial charge in [-0.3, -0.25) is 19.7 Å². The Balaban J connectivity index is 1.49. The summed E-state index contributed by atoms with van der Waals surface area (Å²) >= 11 is 6.13. The topological polar surface area (TPSA) is 147 Å². The van der Waals surface area contributed by atoms with Crippen molar-refractivity contribution in [3.05, 3.63) is 86.1 Å². The standard InChI is InChI=1S/C29H30ClN3O8/c1-16-21(15-31(3)14-6-9-23(35)20-7-4-5-8-22(20)30)26(32-25(16)24(17(2)34)27(32)36)29(38)41-28(37)18-10-12-19(13-11-18)33(39)40/h4-5,7-8,10-13,16-17,24-25,34H,6,9,14-15H2,1-3H3/t16-,17+,24+,25+/m0/s1. The lowest BCUT2D eigenvalue weighted by atomic mass is 9.77. The van der Waals surface area contributed by atoms with Crippen LogP contribution in [0.1, 0.15) is 47.4 Å². The van der Waals surface area contributed by atoms with Crippen LogP contribution in [0, 0.1) is 22.0 Å². The van der Waals surface area contributed by atoms with Crippen LogP contribution < -0.4 is 0 Å². The lowest BCUT2D eigenvalue weighted by Gasteiger charge is -2.46. The van der Waals surface area contributed by atoms with Crippen molar-refractivity contribution in [1.29, 1.82) is 0 Å². The number of ketones is 1. The molecule has 0 unspecified atom stereocenters. The van der Waals surface area contributed by atoms with Crippen molar-refractivity contribution in [3.8, 4) is 0 Å². The van der Waals surface area contributed by atoms with Gasteiger partial charge in [0.15, 0.2) is 5.78 Å². The van der Waals surface area contributed by atoms with E-state index in [4.69, 9.17) is 16.3 Å². The molecule has 216 valence electrons. The number of hydrogen-bond donors (Lipinski definition) is 1. The molecule has 2 heterocycles. The van der Waals surface area contributed by atoms with Crippen LogP contribution in [0.15, 0.2) is 59.8 Å². The van der Waals surface area contributed by atoms with E-state index in [1.807, 2.05) is 18.9 Å². The fourth-order valence-corrected chi connectivity index (χ4v) is 5.70. The maximum Gasteiger partial charge on any atom is 0.362 e. The number of fused-ring (bicyclic) bond motifs is 1. The molecule has 12 heteroatoms. The van der Waals surface area contributed by atoms with Crippen LogP contribution >= 0.6 is 11.6 Å². The van der Waals surface area contributed by atoms with Crippen molar-refractivity contribution >= 4 is 40.9 Å². The van der Waals surface area contributed by atoms with E-state index >= 15 is 0 Å². The number of aliphatic hydroxyl groups excluding tert-OH is 1. The Bertz CT molecular complexity index is 1420. The fraction of sp³-hybridized carbons (Fsp3) is 0.379. The largest absolute Gasteiger partial charge is 0.393 e. The Kier molecular flexibility index (Phi) is 9.01. The molecule has 2 aliphatic rings. The van der Waals surface area contributed by atoms with Crippen molar-refractivity contribution in [2.45, 2.75) is 38.8 Å². The number of ether oxygens (including phenoxy) is 1. The van der Waals surface area contributed by atoms with Crippen LogP contribution in [0.5, 0.6) is 0 Å². The number of esters is 2. The van der Waals surface area contributed by atoms with E-state index in [-0.39, 0.29) is 41.6 Å². The summed E-state index contributed by atoms with van der Waals surface area (Å²) in [5, 5.41) is 21.5. The van der Waals surface area contributed by atoms with Gasteiger partial charge in [-0.05, 0) is 56.8 Å². The van der Waals surface area contributed by atoms with Crippen LogP contribution in [0.25, 0.3) is 0 Å². The Hall–Kier alpha value is -3.93. The predicted molar refractivity (Wildman–Crippen MR) is 148 cm³/mol. The van der Waals surface area contributed by atoms with Gasteiger partial charge in [-0.15, -0.1) is 0 Å². The number of carbonyl (C=O) groups excluding carboxylic acids is 4. The third kappa shape index (κ3) is 6.07. The molecule has 4 atom stereocenters. The molecule has 2 aromatic carbocycles. The Morgan fingerprint density at radius 2 is 1.80 bits per heavy atom. The van der Waals surface area contributed by atoms with Crippen molar-refractivity contribution in [1.82, 2.24) is 9.80 Å². The average molecular weight is 584 g/mol. The lowest BCUT2D eigenvalue weighted by molar-refractivity contribution is -0.384. The van der Waals surface area contributed by atoms with Gasteiger partial charge >= 0.3 is 11.9 Å². The second kappa shape index (κ2) is 12.3. The first-order valence-electron chi connectivity index (χ1n) is 13.1. The Labute approximate surface area is 241 Å². The maximum absolute atomic E-state index is 13.3. The van der Waals surface area contributed by atoms with Crippen molar-refractivity contribution < 1.29 is 33.9 Å². The fourth-order valence-electron chi connectivity index (χ4n) is 5.45. The highest BCUT2D eigenvalue weighted by Gasteiger charge is 2.60. The van der Waals surface area contributed by atoms with E-state index in [1.54, 1.807) is 24.3 Å². The van der Waals surface area contributed by atoms with Gasteiger partial charge in [-0.2, -0.15) is 0 Å². The quantitative estimate of drug-likeness (QED) is 0.104. The van der Waals surface area contributed by atoms with Gasteiger partial charge in [0, 0.05) is 36.6 Å². The smallest absolute Gasteiger partial charge is 0.362 e. The van der Waals surface area contributed by atoms with E-state index in [9.17, 15) is 34.4 Å². The van der Waals surface area contributed by atoms with E-state index < -0.39 is 40.8 Å². The average Bonchev–Trinajstić information content (AvgIpc) is 3.16. The van der Waals surface area contributed by atoms with Gasteiger partial charge in [0.2, 0.25) is 5.91 Å². The van der Waals surface area contributed by atoms with Gasteiger partial charge < -0.3 is 19.6 Å². The number of nitro benzene ring substituents is 1. The minimum atomic E-state index is -1.02. The zero-order valence-electron chi connectivity index (χ0n) is 22.8. The number of nitro groups is 1. The number of amides is 1. The summed E-state index contributed by atoms with van der Waals surface area (Å²) < 4.78 is 5.11. The molecular weight excluding hydrogens is 554 g/mol. The van der Waals surface area contributed by atoms with Crippen molar-refractivity contribution in [2.75, 3.05) is 20.1 Å². The maximum atomic E-state index is 13.3. The van der Waals surface area contributed by atoms with Crippen LogP contribution in [0.4, 0.5) is 5.69 Å². The highest BCUT2D eigenvalue weighted by Crippen LogP contribution is 2.47. The minimum Gasteiger partial charge on any atom is -0.393 e. The van der Waals surface area contributed by atoms with Crippen LogP contribution in [0.3, 0.4) is 0 Å². The number of aliphatic hydroxyl groups is 1. The summed E-state index contributed by atoms with van der Waals surface area (Å²) in [6.45, 7) is 4.12. The molecule has 2 aliphatic heterocycles. The molecule has 0 aliphatic carbocycles. The molecule has 0 saturated carbocycles. The van der Waals surface area contributed by atoms with Crippen LogP contribution in [-0.4, -0.2) is 75.7 Å². The zero-order chi connectivity index (χ0) is 30.0. The number of likely N-dealkylation sites (N-methyl/N-ethyl adjacent to an activating group) is 1. The third-order valence-corrected chi connectivity index (χ3v) is 7.90. The number of hydrogen-bond acceptors (Lipinski definition) is 9. The molecular formula is C29H30ClN3O8. The van der Waals surface area contributed by atoms with Crippen molar-refractivity contribution in [3.63, 3.8) is 0 Å². The summed E-state index contributed by atoms with van der Waals surface area (Å²) in [7, 11) is 1.81. The SMILES string of the molecule is C[C@@H](O)[C@H]1C(=O)N2C(C(=O)OC(=O)c3ccc([N+](=O)[O-])cc3)=C(CN(C)CCCC(=O)c3ccccc3Cl)[C@H](C)[C@H]12. The highest BCUT2D eigenvalue weighted by atomic mass is 35.5. The zero-order valence-corrected chi connectivity index (χ0v) is 23.5. The number of carbonyl (C=O) groups is 4. The number of halogens is 1. The molecule has 11 nitrogen and oxygen atoms in total. The third-order valence-electron chi connectivity index (χ3n) is 7.57. The molecule has 1 fully saturated rings. The molecule has 0 spiro atoms. The second-order valence-corrected chi connectivity index (χ2v) is 10.8. The Morgan fingerprint density at radius 3 is 2.41 bits per heavy atom. The molecule has 0 radical (unpaired) electrons. The summed E-state index contributed by atoms with van der Waals surface area (Å²) in [5.41, 5.74) is 0.702. The molecule has 1 saturated heterocycles. The monoisotopic (exact) mass is 583 g/mol. The minimum absolute atomic E-state index is 0.0429. The molecule has 41 heavy (non-hydrogen) atoms. The number of nitrogens with zero attached hydrogens (tertiary/aromatic N) is 3. The van der Waals surface area contributed by atoms with E-state index in [0.29, 0.717) is 29.1 Å². The summed E-state index contributed by atoms with van der Waals surface area (Å²) in [6.07, 6.45) is -0.153. The number of β-lactam (4-membered cyclic amide) rings is 1. The van der Waals surface area contributed by atoms with Gasteiger partial charge in [0.05, 0.1) is 33.6 Å². The highest BCUT2D eigenvalue weighted by molar-refractivity contribution is 6.33. The molecule has 2 aromatic rings. The van der Waals surface area contributed by atoms with E-state index in [1.165, 1.54) is 24.0 Å². The molecule has 0 aromatic heterocycles. The normalized spacial score (nSPS) is 20.5. The first-order chi connectivity index (χ1) is 19.4. The Morgan fingerprint density at radius 1 is 1.15 bits per heavy atom. The summed E-state index contributed by atoms with van der Waals surface area (Å²) in [5.74, 6) is -3.56. The molecule has 0 bridgehead atoms. The molecule has 4 rings (SSSR count). The molecule has 1 amide bonds. The number of benzene rings is 2. The predicted octanol–water partition coefficient (Wildman–Crippen LogP) is 3.64. The van der Waals surface area contributed by atoms with Gasteiger partial charge in [0.25, 0.3) is 5.69 Å². The van der Waals surface area contributed by atoms with Gasteiger partial charge in [-0.1, -0.05) is 30.7 Å². The lowest BCUT2D eigenvalue weighted by Crippen LogP contribution is -2.63. The first kappa shape index (κ1) is 30.0. The first-order valence-corrected chi connectivity index (χ1v) is 13.5. The van der Waals surface area contributed by atoms with Gasteiger partial charge in [0.1, 0.15) is 5.70 Å². The van der Waals surface area contributed by atoms with E-state index in [2.05, 4.69) is 0 Å². The number of rotatable bonds is 11. The summed E-state index contributed by atoms with van der Waals surface area (Å²) in [6, 6.07) is 11.0. The molecule has 1 N–H and O–H groups in total. The van der Waals surface area contributed by atoms with Crippen molar-refractivity contribution in [2.24, 2.45) is 11.8 Å².